The van der Waals surface area contributed by atoms with Crippen LogP contribution < -0.4 is 5.73 Å². The maximum atomic E-state index is 12.3. The van der Waals surface area contributed by atoms with Gasteiger partial charge in [0.1, 0.15) is 0 Å². The molecule has 2 N–H and O–H groups in total. The van der Waals surface area contributed by atoms with Crippen LogP contribution in [0.3, 0.4) is 0 Å². The fraction of sp³-hybridized carbons (Fsp3) is 0.800. The molecule has 0 saturated carbocycles. The molecule has 0 rings (SSSR count). The molecule has 0 fully saturated rings. The Bertz CT molecular complexity index is 186. The van der Waals surface area contributed by atoms with Crippen LogP contribution in [0.5, 0.6) is 0 Å². The third-order valence-corrected chi connectivity index (χ3v) is 2.41. The molecule has 0 bridgehead atoms. The van der Waals surface area contributed by atoms with Gasteiger partial charge in [0.25, 0.3) is 0 Å². The predicted octanol–water partition coefficient (Wildman–Crippen LogP) is 3.26. The van der Waals surface area contributed by atoms with Crippen molar-refractivity contribution in [3.63, 3.8) is 0 Å². The lowest BCUT2D eigenvalue weighted by molar-refractivity contribution is -0.177. The summed E-state index contributed by atoms with van der Waals surface area (Å²) in [4.78, 5) is 0. The van der Waals surface area contributed by atoms with Gasteiger partial charge in [-0.25, -0.2) is 0 Å². The second-order valence-electron chi connectivity index (χ2n) is 3.68. The van der Waals surface area contributed by atoms with Crippen LogP contribution in [0.15, 0.2) is 12.2 Å². The first-order chi connectivity index (χ1) is 6.29. The lowest BCUT2D eigenvalue weighted by Gasteiger charge is -2.20. The van der Waals surface area contributed by atoms with Crippen LogP contribution in [0, 0.1) is 5.92 Å². The van der Waals surface area contributed by atoms with E-state index in [1.165, 1.54) is 0 Å². The summed E-state index contributed by atoms with van der Waals surface area (Å²) in [5, 5.41) is 0. The number of alkyl halides is 3. The van der Waals surface area contributed by atoms with Gasteiger partial charge in [-0.05, 0) is 26.2 Å². The van der Waals surface area contributed by atoms with Gasteiger partial charge in [-0.2, -0.15) is 13.2 Å². The Kier molecular flexibility index (Phi) is 5.19. The minimum atomic E-state index is -4.09. The molecular weight excluding hydrogens is 191 g/mol. The van der Waals surface area contributed by atoms with Gasteiger partial charge >= 0.3 is 6.18 Å². The molecule has 1 nitrogen and oxygen atoms in total. The van der Waals surface area contributed by atoms with E-state index in [4.69, 9.17) is 5.73 Å². The molecule has 0 aliphatic rings. The van der Waals surface area contributed by atoms with E-state index in [1.54, 1.807) is 13.8 Å². The largest absolute Gasteiger partial charge is 0.391 e. The van der Waals surface area contributed by atoms with E-state index in [2.05, 4.69) is 6.58 Å². The van der Waals surface area contributed by atoms with Crippen LogP contribution in [-0.4, -0.2) is 12.2 Å². The SMILES string of the molecule is C=C(C)[C@H](N)CCC(CC)C(F)(F)F. The van der Waals surface area contributed by atoms with Crippen LogP contribution in [0.4, 0.5) is 13.2 Å². The van der Waals surface area contributed by atoms with Crippen molar-refractivity contribution in [1.82, 2.24) is 0 Å². The smallest absolute Gasteiger partial charge is 0.324 e. The number of hydrogen-bond donors (Lipinski definition) is 1. The molecular formula is C10H18F3N. The van der Waals surface area contributed by atoms with Crippen molar-refractivity contribution in [3.8, 4) is 0 Å². The summed E-state index contributed by atoms with van der Waals surface area (Å²) in [6.07, 6.45) is -3.53. The zero-order valence-corrected chi connectivity index (χ0v) is 8.69. The van der Waals surface area contributed by atoms with Crippen LogP contribution >= 0.6 is 0 Å². The highest BCUT2D eigenvalue weighted by atomic mass is 19.4. The molecule has 1 unspecified atom stereocenters. The van der Waals surface area contributed by atoms with E-state index in [-0.39, 0.29) is 18.9 Å². The van der Waals surface area contributed by atoms with Crippen LogP contribution in [0.1, 0.15) is 33.1 Å². The summed E-state index contributed by atoms with van der Waals surface area (Å²) in [6, 6.07) is -0.314. The van der Waals surface area contributed by atoms with E-state index in [0.717, 1.165) is 5.57 Å². The highest BCUT2D eigenvalue weighted by Gasteiger charge is 2.37. The first-order valence-corrected chi connectivity index (χ1v) is 4.76. The molecule has 0 amide bonds. The second kappa shape index (κ2) is 5.39. The van der Waals surface area contributed by atoms with Gasteiger partial charge in [0.05, 0.1) is 5.92 Å². The Balaban J connectivity index is 4.03. The van der Waals surface area contributed by atoms with Crippen molar-refractivity contribution < 1.29 is 13.2 Å². The first kappa shape index (κ1) is 13.5. The highest BCUT2D eigenvalue weighted by molar-refractivity contribution is 4.99. The summed E-state index contributed by atoms with van der Waals surface area (Å²) in [5.41, 5.74) is 6.33. The first-order valence-electron chi connectivity index (χ1n) is 4.76. The molecule has 0 aliphatic heterocycles. The summed E-state index contributed by atoms with van der Waals surface area (Å²) in [5.74, 6) is -1.23. The third kappa shape index (κ3) is 4.65. The summed E-state index contributed by atoms with van der Waals surface area (Å²) in [7, 11) is 0. The van der Waals surface area contributed by atoms with Crippen molar-refractivity contribution >= 4 is 0 Å². The number of halogens is 3. The van der Waals surface area contributed by atoms with Gasteiger partial charge < -0.3 is 5.73 Å². The van der Waals surface area contributed by atoms with Gasteiger partial charge in [-0.1, -0.05) is 19.1 Å². The van der Waals surface area contributed by atoms with Gasteiger partial charge in [-0.3, -0.25) is 0 Å². The molecule has 0 aliphatic carbocycles. The van der Waals surface area contributed by atoms with Crippen molar-refractivity contribution in [2.45, 2.75) is 45.3 Å². The lowest BCUT2D eigenvalue weighted by Crippen LogP contribution is -2.27. The zero-order valence-electron chi connectivity index (χ0n) is 8.69. The van der Waals surface area contributed by atoms with E-state index < -0.39 is 12.1 Å². The summed E-state index contributed by atoms with van der Waals surface area (Å²) < 4.78 is 36.9. The minimum Gasteiger partial charge on any atom is -0.324 e. The Hall–Kier alpha value is -0.510. The van der Waals surface area contributed by atoms with Gasteiger partial charge in [0, 0.05) is 6.04 Å². The molecule has 0 aromatic rings. The van der Waals surface area contributed by atoms with Crippen molar-refractivity contribution in [2.75, 3.05) is 0 Å². The second-order valence-corrected chi connectivity index (χ2v) is 3.68. The predicted molar refractivity (Wildman–Crippen MR) is 51.9 cm³/mol. The molecule has 0 radical (unpaired) electrons. The van der Waals surface area contributed by atoms with Crippen LogP contribution in [-0.2, 0) is 0 Å². The summed E-state index contributed by atoms with van der Waals surface area (Å²) >= 11 is 0. The quantitative estimate of drug-likeness (QED) is 0.691. The van der Waals surface area contributed by atoms with Crippen LogP contribution in [0.25, 0.3) is 0 Å². The fourth-order valence-corrected chi connectivity index (χ4v) is 1.23. The normalized spacial score (nSPS) is 16.4. The molecule has 2 atom stereocenters. The van der Waals surface area contributed by atoms with Gasteiger partial charge in [-0.15, -0.1) is 0 Å². The average Bonchev–Trinajstić information content (AvgIpc) is 2.02. The van der Waals surface area contributed by atoms with E-state index in [1.807, 2.05) is 0 Å². The standard InChI is InChI=1S/C10H18F3N/c1-4-8(10(11,12)13)5-6-9(14)7(2)3/h8-9H,2,4-6,14H2,1,3H3/t8?,9-/m1/s1. The Labute approximate surface area is 83.2 Å². The molecule has 0 aromatic carbocycles. The zero-order chi connectivity index (χ0) is 11.4. The molecule has 0 spiro atoms. The van der Waals surface area contributed by atoms with Gasteiger partial charge in [0.15, 0.2) is 0 Å². The van der Waals surface area contributed by atoms with Crippen molar-refractivity contribution in [1.29, 1.82) is 0 Å². The number of hydrogen-bond acceptors (Lipinski definition) is 1. The fourth-order valence-electron chi connectivity index (χ4n) is 1.23. The van der Waals surface area contributed by atoms with E-state index in [0.29, 0.717) is 6.42 Å². The maximum Gasteiger partial charge on any atom is 0.391 e. The number of rotatable bonds is 5. The molecule has 0 saturated heterocycles. The molecule has 4 heteroatoms. The van der Waals surface area contributed by atoms with E-state index in [9.17, 15) is 13.2 Å². The molecule has 84 valence electrons. The van der Waals surface area contributed by atoms with Crippen molar-refractivity contribution in [3.05, 3.63) is 12.2 Å². The molecule has 0 aromatic heterocycles. The lowest BCUT2D eigenvalue weighted by atomic mass is 9.95. The highest BCUT2D eigenvalue weighted by Crippen LogP contribution is 2.32. The molecule has 0 heterocycles. The summed E-state index contributed by atoms with van der Waals surface area (Å²) in [6.45, 7) is 6.90. The maximum absolute atomic E-state index is 12.3. The average molecular weight is 209 g/mol. The topological polar surface area (TPSA) is 26.0 Å². The minimum absolute atomic E-state index is 0.0913. The Morgan fingerprint density at radius 3 is 2.14 bits per heavy atom. The third-order valence-electron chi connectivity index (χ3n) is 2.41. The molecule has 14 heavy (non-hydrogen) atoms. The monoisotopic (exact) mass is 209 g/mol. The Morgan fingerprint density at radius 2 is 1.86 bits per heavy atom. The van der Waals surface area contributed by atoms with Crippen LogP contribution in [0.2, 0.25) is 0 Å². The van der Waals surface area contributed by atoms with Crippen molar-refractivity contribution in [2.24, 2.45) is 11.7 Å². The van der Waals surface area contributed by atoms with E-state index >= 15 is 0 Å². The number of nitrogens with two attached hydrogens (primary N) is 1. The van der Waals surface area contributed by atoms with Gasteiger partial charge in [0.2, 0.25) is 0 Å². The Morgan fingerprint density at radius 1 is 1.36 bits per heavy atom.